The van der Waals surface area contributed by atoms with Crippen LogP contribution >= 0.6 is 0 Å². The van der Waals surface area contributed by atoms with E-state index < -0.39 is 5.60 Å². The van der Waals surface area contributed by atoms with Gasteiger partial charge in [0.1, 0.15) is 5.75 Å². The molecule has 0 spiro atoms. The maximum atomic E-state index is 12.2. The van der Waals surface area contributed by atoms with Gasteiger partial charge in [-0.1, -0.05) is 12.1 Å². The summed E-state index contributed by atoms with van der Waals surface area (Å²) in [5.74, 6) is 0.329. The van der Waals surface area contributed by atoms with E-state index in [1.807, 2.05) is 4.90 Å². The van der Waals surface area contributed by atoms with Crippen LogP contribution in [0.25, 0.3) is 0 Å². The molecule has 1 amide bonds. The van der Waals surface area contributed by atoms with Crippen molar-refractivity contribution >= 4 is 5.91 Å². The Morgan fingerprint density at radius 2 is 1.71 bits per heavy atom. The number of carbonyl (C=O) groups excluding carboxylic acids is 1. The summed E-state index contributed by atoms with van der Waals surface area (Å²) < 4.78 is 0. The highest BCUT2D eigenvalue weighted by molar-refractivity contribution is 5.78. The second kappa shape index (κ2) is 6.45. The Kier molecular flexibility index (Phi) is 4.85. The Morgan fingerprint density at radius 3 is 2.24 bits per heavy atom. The molecular weight excluding hydrogens is 268 g/mol. The first-order valence-electron chi connectivity index (χ1n) is 7.34. The predicted octanol–water partition coefficient (Wildman–Crippen LogP) is 0.850. The van der Waals surface area contributed by atoms with Crippen molar-refractivity contribution in [2.45, 2.75) is 25.9 Å². The van der Waals surface area contributed by atoms with Gasteiger partial charge in [0, 0.05) is 32.7 Å². The molecule has 21 heavy (non-hydrogen) atoms. The molecule has 5 heteroatoms. The van der Waals surface area contributed by atoms with Gasteiger partial charge < -0.3 is 15.1 Å². The fourth-order valence-electron chi connectivity index (χ4n) is 2.60. The van der Waals surface area contributed by atoms with Gasteiger partial charge in [0.15, 0.2) is 0 Å². The number of piperazine rings is 1. The van der Waals surface area contributed by atoms with E-state index >= 15 is 0 Å². The Bertz CT molecular complexity index is 471. The van der Waals surface area contributed by atoms with Gasteiger partial charge in [-0.2, -0.15) is 0 Å². The van der Waals surface area contributed by atoms with Crippen LogP contribution in [0.15, 0.2) is 24.3 Å². The van der Waals surface area contributed by atoms with Gasteiger partial charge in [0.05, 0.1) is 12.0 Å². The third kappa shape index (κ3) is 5.02. The lowest BCUT2D eigenvalue weighted by Crippen LogP contribution is -2.52. The maximum absolute atomic E-state index is 12.2. The molecular formula is C16H24N2O3. The zero-order valence-electron chi connectivity index (χ0n) is 12.7. The number of aromatic hydroxyl groups is 1. The van der Waals surface area contributed by atoms with E-state index in [0.29, 0.717) is 26.1 Å². The standard InChI is InChI=1S/C16H24N2O3/c1-16(2,21)12-17-7-9-18(10-8-17)15(20)11-13-3-5-14(19)6-4-13/h3-6,19,21H,7-12H2,1-2H3. The van der Waals surface area contributed by atoms with Gasteiger partial charge in [-0.25, -0.2) is 0 Å². The van der Waals surface area contributed by atoms with Gasteiger partial charge in [-0.3, -0.25) is 9.69 Å². The van der Waals surface area contributed by atoms with Crippen molar-refractivity contribution in [3.8, 4) is 5.75 Å². The number of β-amino-alcohol motifs (C(OH)–C–C–N with tert-alkyl or cyclic N) is 1. The number of phenols is 1. The van der Waals surface area contributed by atoms with Gasteiger partial charge >= 0.3 is 0 Å². The summed E-state index contributed by atoms with van der Waals surface area (Å²) in [6, 6.07) is 6.75. The number of nitrogens with zero attached hydrogens (tertiary/aromatic N) is 2. The molecule has 0 atom stereocenters. The SMILES string of the molecule is CC(C)(O)CN1CCN(C(=O)Cc2ccc(O)cc2)CC1. The molecule has 116 valence electrons. The normalized spacial score (nSPS) is 17.0. The van der Waals surface area contributed by atoms with Crippen molar-refractivity contribution in [2.75, 3.05) is 32.7 Å². The van der Waals surface area contributed by atoms with Crippen molar-refractivity contribution in [3.05, 3.63) is 29.8 Å². The van der Waals surface area contributed by atoms with Crippen molar-refractivity contribution < 1.29 is 15.0 Å². The largest absolute Gasteiger partial charge is 0.508 e. The molecule has 5 nitrogen and oxygen atoms in total. The molecule has 0 aliphatic carbocycles. The first-order chi connectivity index (χ1) is 9.83. The highest BCUT2D eigenvalue weighted by Crippen LogP contribution is 2.13. The molecule has 1 heterocycles. The highest BCUT2D eigenvalue weighted by Gasteiger charge is 2.24. The Hall–Kier alpha value is -1.59. The minimum Gasteiger partial charge on any atom is -0.508 e. The summed E-state index contributed by atoms with van der Waals surface area (Å²) in [6.45, 7) is 7.23. The Labute approximate surface area is 125 Å². The fraction of sp³-hybridized carbons (Fsp3) is 0.562. The summed E-state index contributed by atoms with van der Waals surface area (Å²) in [7, 11) is 0. The van der Waals surface area contributed by atoms with Gasteiger partial charge in [0.2, 0.25) is 5.91 Å². The number of carbonyl (C=O) groups is 1. The molecule has 0 aromatic heterocycles. The minimum atomic E-state index is -0.696. The van der Waals surface area contributed by atoms with Crippen LogP contribution < -0.4 is 0 Å². The topological polar surface area (TPSA) is 64.0 Å². The van der Waals surface area contributed by atoms with Crippen LogP contribution in [0.5, 0.6) is 5.75 Å². The van der Waals surface area contributed by atoms with Crippen molar-refractivity contribution in [3.63, 3.8) is 0 Å². The summed E-state index contributed by atoms with van der Waals surface area (Å²) in [5.41, 5.74) is 0.217. The van der Waals surface area contributed by atoms with E-state index in [1.54, 1.807) is 38.1 Å². The molecule has 1 aliphatic heterocycles. The van der Waals surface area contributed by atoms with Crippen molar-refractivity contribution in [1.82, 2.24) is 9.80 Å². The molecule has 1 aromatic carbocycles. The van der Waals surface area contributed by atoms with Crippen LogP contribution in [-0.2, 0) is 11.2 Å². The smallest absolute Gasteiger partial charge is 0.227 e. The number of aliphatic hydroxyl groups is 1. The second-order valence-electron chi connectivity index (χ2n) is 6.31. The fourth-order valence-corrected chi connectivity index (χ4v) is 2.60. The maximum Gasteiger partial charge on any atom is 0.227 e. The van der Waals surface area contributed by atoms with E-state index in [9.17, 15) is 15.0 Å². The lowest BCUT2D eigenvalue weighted by molar-refractivity contribution is -0.132. The third-order valence-corrected chi connectivity index (χ3v) is 3.63. The molecule has 0 unspecified atom stereocenters. The molecule has 1 fully saturated rings. The summed E-state index contributed by atoms with van der Waals surface area (Å²) in [4.78, 5) is 16.3. The number of benzene rings is 1. The summed E-state index contributed by atoms with van der Waals surface area (Å²) >= 11 is 0. The van der Waals surface area contributed by atoms with Gasteiger partial charge in [-0.05, 0) is 31.5 Å². The number of hydrogen-bond donors (Lipinski definition) is 2. The predicted molar refractivity (Wildman–Crippen MR) is 81.1 cm³/mol. The zero-order chi connectivity index (χ0) is 15.5. The quantitative estimate of drug-likeness (QED) is 0.863. The first kappa shape index (κ1) is 15.8. The van der Waals surface area contributed by atoms with Gasteiger partial charge in [0.25, 0.3) is 0 Å². The molecule has 0 radical (unpaired) electrons. The van der Waals surface area contributed by atoms with Crippen LogP contribution in [-0.4, -0.2) is 64.2 Å². The van der Waals surface area contributed by atoms with E-state index in [0.717, 1.165) is 18.7 Å². The summed E-state index contributed by atoms with van der Waals surface area (Å²) in [5, 5.41) is 19.1. The summed E-state index contributed by atoms with van der Waals surface area (Å²) in [6.07, 6.45) is 0.367. The second-order valence-corrected chi connectivity index (χ2v) is 6.31. The molecule has 2 rings (SSSR count). The first-order valence-corrected chi connectivity index (χ1v) is 7.34. The van der Waals surface area contributed by atoms with E-state index in [-0.39, 0.29) is 11.7 Å². The molecule has 0 bridgehead atoms. The number of hydrogen-bond acceptors (Lipinski definition) is 4. The van der Waals surface area contributed by atoms with Crippen molar-refractivity contribution in [1.29, 1.82) is 0 Å². The van der Waals surface area contributed by atoms with Crippen LogP contribution in [0.2, 0.25) is 0 Å². The third-order valence-electron chi connectivity index (χ3n) is 3.63. The number of amides is 1. The van der Waals surface area contributed by atoms with E-state index in [4.69, 9.17) is 0 Å². The number of rotatable bonds is 4. The van der Waals surface area contributed by atoms with Crippen LogP contribution in [0.4, 0.5) is 0 Å². The average molecular weight is 292 g/mol. The molecule has 2 N–H and O–H groups in total. The molecule has 0 saturated carbocycles. The van der Waals surface area contributed by atoms with Crippen LogP contribution in [0.1, 0.15) is 19.4 Å². The lowest BCUT2D eigenvalue weighted by Gasteiger charge is -2.37. The van der Waals surface area contributed by atoms with Crippen molar-refractivity contribution in [2.24, 2.45) is 0 Å². The molecule has 1 saturated heterocycles. The van der Waals surface area contributed by atoms with Crippen LogP contribution in [0.3, 0.4) is 0 Å². The monoisotopic (exact) mass is 292 g/mol. The molecule has 1 aliphatic rings. The average Bonchev–Trinajstić information content (AvgIpc) is 2.40. The minimum absolute atomic E-state index is 0.114. The zero-order valence-corrected chi connectivity index (χ0v) is 12.7. The lowest BCUT2D eigenvalue weighted by atomic mass is 10.1. The van der Waals surface area contributed by atoms with E-state index in [2.05, 4.69) is 4.90 Å². The van der Waals surface area contributed by atoms with Crippen LogP contribution in [0, 0.1) is 0 Å². The van der Waals surface area contributed by atoms with Gasteiger partial charge in [-0.15, -0.1) is 0 Å². The Morgan fingerprint density at radius 1 is 1.14 bits per heavy atom. The molecule has 1 aromatic rings. The number of phenolic OH excluding ortho intramolecular Hbond substituents is 1. The Balaban J connectivity index is 1.81. The van der Waals surface area contributed by atoms with E-state index in [1.165, 1.54) is 0 Å². The highest BCUT2D eigenvalue weighted by atomic mass is 16.3.